The summed E-state index contributed by atoms with van der Waals surface area (Å²) >= 11 is 0. The third-order valence-electron chi connectivity index (χ3n) is 3.95. The summed E-state index contributed by atoms with van der Waals surface area (Å²) in [6.07, 6.45) is 2.60. The van der Waals surface area contributed by atoms with Crippen molar-refractivity contribution >= 4 is 22.5 Å². The monoisotopic (exact) mass is 354 g/mol. The molecule has 0 saturated carbocycles. The summed E-state index contributed by atoms with van der Waals surface area (Å²) in [4.78, 5) is 4.11. The van der Waals surface area contributed by atoms with Gasteiger partial charge in [0.05, 0.1) is 0 Å². The average Bonchev–Trinajstić information content (AvgIpc) is 2.52. The van der Waals surface area contributed by atoms with Gasteiger partial charge in [-0.15, -0.1) is 12.4 Å². The van der Waals surface area contributed by atoms with Crippen molar-refractivity contribution in [3.8, 4) is 0 Å². The molecule has 0 aliphatic carbocycles. The molecule has 1 unspecified atom stereocenters. The first-order chi connectivity index (χ1) is 10.5. The molecular weight excluding hydrogens is 336 g/mol. The lowest BCUT2D eigenvalue weighted by Crippen LogP contribution is -2.36. The molecule has 0 bridgehead atoms. The van der Waals surface area contributed by atoms with E-state index in [1.54, 1.807) is 6.07 Å². The predicted octanol–water partition coefficient (Wildman–Crippen LogP) is 2.40. The molecule has 5 nitrogen and oxygen atoms in total. The van der Waals surface area contributed by atoms with Gasteiger partial charge < -0.3 is 5.32 Å². The van der Waals surface area contributed by atoms with Crippen molar-refractivity contribution in [3.63, 3.8) is 0 Å². The Bertz CT molecular complexity index is 766. The molecular formula is C16H19ClN2O3S. The van der Waals surface area contributed by atoms with Crippen molar-refractivity contribution < 1.29 is 13.0 Å². The molecule has 1 aromatic carbocycles. The minimum atomic E-state index is -4.24. The van der Waals surface area contributed by atoms with Gasteiger partial charge in [-0.2, -0.15) is 8.42 Å². The predicted molar refractivity (Wildman–Crippen MR) is 90.4 cm³/mol. The minimum Gasteiger partial charge on any atom is -0.309 e. The van der Waals surface area contributed by atoms with Crippen LogP contribution in [0.25, 0.3) is 0 Å². The molecule has 124 valence electrons. The van der Waals surface area contributed by atoms with Crippen LogP contribution in [0.5, 0.6) is 0 Å². The van der Waals surface area contributed by atoms with E-state index in [4.69, 9.17) is 4.55 Å². The highest BCUT2D eigenvalue weighted by Crippen LogP contribution is 2.19. The van der Waals surface area contributed by atoms with Crippen LogP contribution in [0.4, 0.5) is 0 Å². The Kier molecular flexibility index (Phi) is 5.75. The van der Waals surface area contributed by atoms with E-state index in [0.717, 1.165) is 24.1 Å². The first kappa shape index (κ1) is 17.9. The van der Waals surface area contributed by atoms with Gasteiger partial charge in [-0.25, -0.2) is 4.98 Å². The van der Waals surface area contributed by atoms with Gasteiger partial charge in [0, 0.05) is 24.7 Å². The maximum atomic E-state index is 11.2. The van der Waals surface area contributed by atoms with Gasteiger partial charge in [-0.3, -0.25) is 4.55 Å². The SMILES string of the molecule is Cl.O=S(=O)(O)c1ccc2c(n1)CC(CCc1ccccc1)NC2. The zero-order valence-electron chi connectivity index (χ0n) is 12.5. The Balaban J connectivity index is 0.00000192. The molecule has 7 heteroatoms. The lowest BCUT2D eigenvalue weighted by Gasteiger charge is -2.25. The van der Waals surface area contributed by atoms with E-state index in [-0.39, 0.29) is 23.5 Å². The van der Waals surface area contributed by atoms with Crippen LogP contribution in [0.2, 0.25) is 0 Å². The number of halogens is 1. The molecule has 0 saturated heterocycles. The van der Waals surface area contributed by atoms with Gasteiger partial charge >= 0.3 is 10.1 Å². The number of nitrogens with zero attached hydrogens (tertiary/aromatic N) is 1. The molecule has 2 aromatic rings. The summed E-state index contributed by atoms with van der Waals surface area (Å²) in [5.74, 6) is 0. The van der Waals surface area contributed by atoms with Crippen LogP contribution in [-0.2, 0) is 29.5 Å². The van der Waals surface area contributed by atoms with Gasteiger partial charge in [0.2, 0.25) is 0 Å². The number of benzene rings is 1. The minimum absolute atomic E-state index is 0. The number of hydrogen-bond acceptors (Lipinski definition) is 4. The summed E-state index contributed by atoms with van der Waals surface area (Å²) in [5, 5.41) is 3.18. The maximum Gasteiger partial charge on any atom is 0.312 e. The smallest absolute Gasteiger partial charge is 0.309 e. The van der Waals surface area contributed by atoms with Crippen LogP contribution in [0.1, 0.15) is 23.2 Å². The number of fused-ring (bicyclic) bond motifs is 1. The van der Waals surface area contributed by atoms with Gasteiger partial charge in [-0.05, 0) is 30.0 Å². The average molecular weight is 355 g/mol. The van der Waals surface area contributed by atoms with Crippen molar-refractivity contribution in [1.82, 2.24) is 10.3 Å². The molecule has 2 heterocycles. The quantitative estimate of drug-likeness (QED) is 0.824. The Hall–Kier alpha value is -1.47. The van der Waals surface area contributed by atoms with E-state index in [0.29, 0.717) is 13.0 Å². The molecule has 23 heavy (non-hydrogen) atoms. The van der Waals surface area contributed by atoms with Crippen LogP contribution in [0.3, 0.4) is 0 Å². The van der Waals surface area contributed by atoms with Gasteiger partial charge in [0.15, 0.2) is 5.03 Å². The third kappa shape index (κ3) is 4.51. The molecule has 3 rings (SSSR count). The topological polar surface area (TPSA) is 79.3 Å². The first-order valence-corrected chi connectivity index (χ1v) is 8.70. The second kappa shape index (κ2) is 7.40. The number of pyridine rings is 1. The van der Waals surface area contributed by atoms with Gasteiger partial charge in [0.25, 0.3) is 0 Å². The molecule has 0 radical (unpaired) electrons. The fraction of sp³-hybridized carbons (Fsp3) is 0.312. The number of rotatable bonds is 4. The number of aryl methyl sites for hydroxylation is 1. The largest absolute Gasteiger partial charge is 0.312 e. The summed E-state index contributed by atoms with van der Waals surface area (Å²) in [6, 6.07) is 13.6. The summed E-state index contributed by atoms with van der Waals surface area (Å²) in [7, 11) is -4.24. The number of nitrogens with one attached hydrogen (secondary N) is 1. The molecule has 1 atom stereocenters. The lowest BCUT2D eigenvalue weighted by atomic mass is 9.96. The molecule has 2 N–H and O–H groups in total. The standard InChI is InChI=1S/C16H18N2O3S.ClH/c19-22(20,21)16-9-7-13-11-17-14(10-15(13)18-16)8-6-12-4-2-1-3-5-12;/h1-5,7,9,14,17H,6,8,10-11H2,(H,19,20,21);1H. The molecule has 0 spiro atoms. The van der Waals surface area contributed by atoms with Gasteiger partial charge in [0.1, 0.15) is 0 Å². The zero-order chi connectivity index (χ0) is 15.6. The van der Waals surface area contributed by atoms with Crippen molar-refractivity contribution in [2.45, 2.75) is 36.9 Å². The highest BCUT2D eigenvalue weighted by Gasteiger charge is 2.21. The summed E-state index contributed by atoms with van der Waals surface area (Å²) in [6.45, 7) is 0.674. The van der Waals surface area contributed by atoms with Crippen LogP contribution >= 0.6 is 12.4 Å². The van der Waals surface area contributed by atoms with Gasteiger partial charge in [-0.1, -0.05) is 36.4 Å². The normalized spacial score (nSPS) is 17.2. The zero-order valence-corrected chi connectivity index (χ0v) is 14.1. The second-order valence-electron chi connectivity index (χ2n) is 5.54. The fourth-order valence-corrected chi connectivity index (χ4v) is 3.21. The van der Waals surface area contributed by atoms with Crippen molar-refractivity contribution in [2.75, 3.05) is 0 Å². The Morgan fingerprint density at radius 1 is 1.17 bits per heavy atom. The van der Waals surface area contributed by atoms with E-state index < -0.39 is 10.1 Å². The van der Waals surface area contributed by atoms with Crippen molar-refractivity contribution in [3.05, 3.63) is 59.3 Å². The van der Waals surface area contributed by atoms with Crippen molar-refractivity contribution in [2.24, 2.45) is 0 Å². The Morgan fingerprint density at radius 3 is 2.61 bits per heavy atom. The van der Waals surface area contributed by atoms with E-state index in [2.05, 4.69) is 22.4 Å². The Labute approximate surface area is 142 Å². The van der Waals surface area contributed by atoms with Crippen LogP contribution in [0.15, 0.2) is 47.5 Å². The van der Waals surface area contributed by atoms with Crippen LogP contribution < -0.4 is 5.32 Å². The summed E-state index contributed by atoms with van der Waals surface area (Å²) in [5.41, 5.74) is 3.03. The fourth-order valence-electron chi connectivity index (χ4n) is 2.74. The molecule has 1 aliphatic heterocycles. The third-order valence-corrected chi connectivity index (χ3v) is 4.71. The first-order valence-electron chi connectivity index (χ1n) is 7.26. The molecule has 1 aliphatic rings. The number of aromatic nitrogens is 1. The van der Waals surface area contributed by atoms with Crippen LogP contribution in [0, 0.1) is 0 Å². The highest BCUT2D eigenvalue weighted by molar-refractivity contribution is 7.85. The van der Waals surface area contributed by atoms with E-state index in [1.807, 2.05) is 18.2 Å². The lowest BCUT2D eigenvalue weighted by molar-refractivity contribution is 0.441. The van der Waals surface area contributed by atoms with E-state index in [1.165, 1.54) is 11.6 Å². The molecule has 0 amide bonds. The number of hydrogen-bond donors (Lipinski definition) is 2. The highest BCUT2D eigenvalue weighted by atomic mass is 35.5. The maximum absolute atomic E-state index is 11.2. The second-order valence-corrected chi connectivity index (χ2v) is 6.91. The van der Waals surface area contributed by atoms with E-state index >= 15 is 0 Å². The molecule has 1 aromatic heterocycles. The summed E-state index contributed by atoms with van der Waals surface area (Å²) < 4.78 is 31.5. The van der Waals surface area contributed by atoms with Crippen LogP contribution in [-0.4, -0.2) is 24.0 Å². The van der Waals surface area contributed by atoms with E-state index in [9.17, 15) is 8.42 Å². The van der Waals surface area contributed by atoms with Crippen molar-refractivity contribution in [1.29, 1.82) is 0 Å². The Morgan fingerprint density at radius 2 is 1.91 bits per heavy atom. The molecule has 0 fully saturated rings.